The van der Waals surface area contributed by atoms with Crippen LogP contribution in [0.5, 0.6) is 0 Å². The number of fused-ring (bicyclic) bond motifs is 1. The molecule has 0 spiro atoms. The van der Waals surface area contributed by atoms with Gasteiger partial charge < -0.3 is 18.9 Å². The van der Waals surface area contributed by atoms with Crippen LogP contribution >= 0.6 is 0 Å². The lowest BCUT2D eigenvalue weighted by atomic mass is 10.0. The second kappa shape index (κ2) is 9.09. The number of hydrogen-bond donors (Lipinski definition) is 0. The van der Waals surface area contributed by atoms with Crippen molar-refractivity contribution in [2.24, 2.45) is 0 Å². The first kappa shape index (κ1) is 22.2. The highest BCUT2D eigenvalue weighted by Crippen LogP contribution is 2.30. The molecule has 2 aromatic rings. The highest BCUT2D eigenvalue weighted by molar-refractivity contribution is 5.80. The molecule has 1 aromatic carbocycles. The molecule has 0 saturated carbocycles. The zero-order valence-corrected chi connectivity index (χ0v) is 17.1. The molecule has 1 aliphatic rings. The Morgan fingerprint density at radius 3 is 2.06 bits per heavy atom. The molecular weight excluding hydrogens is 410 g/mol. The summed E-state index contributed by atoms with van der Waals surface area (Å²) < 4.78 is 22.6. The van der Waals surface area contributed by atoms with Crippen molar-refractivity contribution in [1.29, 1.82) is 0 Å². The second-order valence-corrected chi connectivity index (χ2v) is 6.96. The molecule has 0 unspecified atom stereocenters. The van der Waals surface area contributed by atoms with Crippen LogP contribution in [0, 0.1) is 0 Å². The highest BCUT2D eigenvalue weighted by Gasteiger charge is 2.47. The predicted molar refractivity (Wildman–Crippen MR) is 106 cm³/mol. The van der Waals surface area contributed by atoms with Gasteiger partial charge in [-0.1, -0.05) is 18.2 Å². The number of rotatable bonds is 4. The number of carbonyl (C=O) groups is 3. The topological polar surface area (TPSA) is 127 Å². The molecular formula is C21H21NO9. The van der Waals surface area contributed by atoms with Gasteiger partial charge in [-0.25, -0.2) is 0 Å². The zero-order valence-electron chi connectivity index (χ0n) is 17.1. The molecule has 164 valence electrons. The smallest absolute Gasteiger partial charge is 0.303 e. The van der Waals surface area contributed by atoms with E-state index in [1.807, 2.05) is 0 Å². The lowest BCUT2D eigenvalue weighted by molar-refractivity contribution is -0.240. The third-order valence-corrected chi connectivity index (χ3v) is 4.64. The number of benzene rings is 1. The van der Waals surface area contributed by atoms with Crippen LogP contribution in [0.25, 0.3) is 10.8 Å². The Kier molecular flexibility index (Phi) is 6.50. The molecule has 0 N–H and O–H groups in total. The van der Waals surface area contributed by atoms with Crippen LogP contribution in [-0.4, -0.2) is 47.4 Å². The van der Waals surface area contributed by atoms with Crippen LogP contribution in [-0.2, 0) is 33.3 Å². The van der Waals surface area contributed by atoms with Gasteiger partial charge in [0.15, 0.2) is 30.0 Å². The van der Waals surface area contributed by atoms with Crippen LogP contribution < -0.4 is 11.0 Å². The van der Waals surface area contributed by atoms with Gasteiger partial charge in [0.05, 0.1) is 12.0 Å². The number of carbonyl (C=O) groups excluding carboxylic acids is 3. The Hall–Kier alpha value is -3.53. The van der Waals surface area contributed by atoms with Gasteiger partial charge in [-0.05, 0) is 6.07 Å². The second-order valence-electron chi connectivity index (χ2n) is 6.96. The van der Waals surface area contributed by atoms with Crippen LogP contribution in [0.1, 0.15) is 27.0 Å². The molecule has 10 nitrogen and oxygen atoms in total. The third-order valence-electron chi connectivity index (χ3n) is 4.64. The van der Waals surface area contributed by atoms with Gasteiger partial charge in [0, 0.05) is 38.4 Å². The molecule has 31 heavy (non-hydrogen) atoms. The molecule has 2 heterocycles. The molecule has 1 saturated heterocycles. The van der Waals surface area contributed by atoms with Crippen molar-refractivity contribution in [3.05, 3.63) is 57.1 Å². The minimum absolute atomic E-state index is 0.133. The SMILES string of the molecule is CC(=O)O[C@@H]1[C@@H](OC(C)=O)[C@H](OC(C)=O)CO[C@H]1n1ccc(=O)c2ccccc2c1=O. The maximum absolute atomic E-state index is 13.2. The number of hydrogen-bond acceptors (Lipinski definition) is 9. The third kappa shape index (κ3) is 4.80. The Bertz CT molecular complexity index is 1140. The van der Waals surface area contributed by atoms with Crippen molar-refractivity contribution in [3.63, 3.8) is 0 Å². The number of ether oxygens (including phenoxy) is 4. The van der Waals surface area contributed by atoms with Gasteiger partial charge in [-0.2, -0.15) is 0 Å². The molecule has 10 heteroatoms. The van der Waals surface area contributed by atoms with Crippen molar-refractivity contribution in [3.8, 4) is 0 Å². The summed E-state index contributed by atoms with van der Waals surface area (Å²) in [5, 5.41) is 0.342. The van der Waals surface area contributed by atoms with E-state index in [2.05, 4.69) is 0 Å². The summed E-state index contributed by atoms with van der Waals surface area (Å²) in [6.45, 7) is 3.21. The Morgan fingerprint density at radius 2 is 1.45 bits per heavy atom. The van der Waals surface area contributed by atoms with E-state index < -0.39 is 48.0 Å². The van der Waals surface area contributed by atoms with Crippen LogP contribution in [0.3, 0.4) is 0 Å². The van der Waals surface area contributed by atoms with Crippen LogP contribution in [0.4, 0.5) is 0 Å². The van der Waals surface area contributed by atoms with Gasteiger partial charge in [0.1, 0.15) is 0 Å². The van der Waals surface area contributed by atoms with E-state index in [0.717, 1.165) is 18.4 Å². The Morgan fingerprint density at radius 1 is 0.871 bits per heavy atom. The van der Waals surface area contributed by atoms with Crippen molar-refractivity contribution in [1.82, 2.24) is 4.57 Å². The first-order chi connectivity index (χ1) is 14.7. The molecule has 0 amide bonds. The number of nitrogens with zero attached hydrogens (tertiary/aromatic N) is 1. The summed E-state index contributed by atoms with van der Waals surface area (Å²) in [7, 11) is 0. The molecule has 3 rings (SSSR count). The first-order valence-corrected chi connectivity index (χ1v) is 9.46. The van der Waals surface area contributed by atoms with Gasteiger partial charge in [0.25, 0.3) is 5.56 Å². The van der Waals surface area contributed by atoms with Gasteiger partial charge in [-0.3, -0.25) is 28.5 Å². The van der Waals surface area contributed by atoms with Gasteiger partial charge >= 0.3 is 17.9 Å². The maximum Gasteiger partial charge on any atom is 0.303 e. The fourth-order valence-corrected chi connectivity index (χ4v) is 3.49. The molecule has 1 fully saturated rings. The lowest BCUT2D eigenvalue weighted by Crippen LogP contribution is -2.56. The summed E-state index contributed by atoms with van der Waals surface area (Å²) in [6.07, 6.45) is -3.65. The van der Waals surface area contributed by atoms with E-state index in [1.54, 1.807) is 12.1 Å². The normalized spacial score (nSPS) is 23.1. The quantitative estimate of drug-likeness (QED) is 0.507. The fraction of sp³-hybridized carbons (Fsp3) is 0.381. The summed E-state index contributed by atoms with van der Waals surface area (Å²) in [5.74, 6) is -2.10. The van der Waals surface area contributed by atoms with Gasteiger partial charge in [0.2, 0.25) is 0 Å². The minimum Gasteiger partial charge on any atom is -0.456 e. The largest absolute Gasteiger partial charge is 0.456 e. The molecule has 4 atom stereocenters. The van der Waals surface area contributed by atoms with E-state index in [1.165, 1.54) is 31.3 Å². The highest BCUT2D eigenvalue weighted by atomic mass is 16.6. The predicted octanol–water partition coefficient (Wildman–Crippen LogP) is 0.686. The van der Waals surface area contributed by atoms with Crippen LogP contribution in [0.15, 0.2) is 46.1 Å². The summed E-state index contributed by atoms with van der Waals surface area (Å²) in [5.41, 5.74) is -0.965. The average Bonchev–Trinajstić information content (AvgIpc) is 2.81. The van der Waals surface area contributed by atoms with Crippen molar-refractivity contribution in [2.75, 3.05) is 6.61 Å². The Labute approximate surface area is 176 Å². The fourth-order valence-electron chi connectivity index (χ4n) is 3.49. The van der Waals surface area contributed by atoms with E-state index in [4.69, 9.17) is 18.9 Å². The summed E-state index contributed by atoms with van der Waals surface area (Å²) >= 11 is 0. The van der Waals surface area contributed by atoms with E-state index >= 15 is 0 Å². The molecule has 1 aromatic heterocycles. The van der Waals surface area contributed by atoms with E-state index in [-0.39, 0.29) is 22.8 Å². The Balaban J connectivity index is 2.16. The number of aromatic nitrogens is 1. The molecule has 1 aliphatic heterocycles. The van der Waals surface area contributed by atoms with E-state index in [0.29, 0.717) is 0 Å². The summed E-state index contributed by atoms with van der Waals surface area (Å²) in [6, 6.07) is 7.44. The first-order valence-electron chi connectivity index (χ1n) is 9.46. The average molecular weight is 431 g/mol. The molecule has 0 radical (unpaired) electrons. The molecule has 0 bridgehead atoms. The minimum atomic E-state index is -1.33. The summed E-state index contributed by atoms with van der Waals surface area (Å²) in [4.78, 5) is 60.6. The van der Waals surface area contributed by atoms with Crippen molar-refractivity contribution in [2.45, 2.75) is 45.3 Å². The monoisotopic (exact) mass is 431 g/mol. The molecule has 0 aliphatic carbocycles. The van der Waals surface area contributed by atoms with Crippen molar-refractivity contribution >= 4 is 28.7 Å². The zero-order chi connectivity index (χ0) is 22.7. The standard InChI is InChI=1S/C21H21NO9/c1-11(23)29-17-10-28-21(19(31-13(3)25)18(17)30-12(2)24)22-9-8-16(26)14-6-4-5-7-15(14)20(22)27/h4-9,17-19,21H,10H2,1-3H3/t17-,18+,19-,21-/m1/s1. The van der Waals surface area contributed by atoms with E-state index in [9.17, 15) is 24.0 Å². The number of esters is 3. The van der Waals surface area contributed by atoms with Gasteiger partial charge in [-0.15, -0.1) is 0 Å². The maximum atomic E-state index is 13.2. The van der Waals surface area contributed by atoms with Crippen molar-refractivity contribution < 1.29 is 33.3 Å². The van der Waals surface area contributed by atoms with Crippen LogP contribution in [0.2, 0.25) is 0 Å². The lowest BCUT2D eigenvalue weighted by Gasteiger charge is -2.40.